The van der Waals surface area contributed by atoms with Gasteiger partial charge in [-0.1, -0.05) is 13.8 Å². The van der Waals surface area contributed by atoms with Gasteiger partial charge in [0.1, 0.15) is 12.2 Å². The minimum absolute atomic E-state index is 0. The van der Waals surface area contributed by atoms with E-state index in [2.05, 4.69) is 42.6 Å². The van der Waals surface area contributed by atoms with E-state index in [1.165, 1.54) is 0 Å². The molecule has 0 unspecified atom stereocenters. The fourth-order valence-corrected chi connectivity index (χ4v) is 2.75. The Morgan fingerprint density at radius 2 is 2.12 bits per heavy atom. The van der Waals surface area contributed by atoms with Crippen LogP contribution in [0.2, 0.25) is 0 Å². The molecule has 1 saturated heterocycles. The standard InChI is InChI=1S/C16H29N7O.HI/c1-4-17-16(19-8-7-18-15(24)12(2)3)23-9-5-13(6-10-23)14-20-11-21-22-14;/h11-13H,4-10H2,1-3H3,(H,17,19)(H,18,24)(H,20,21,22);1H. The number of carbonyl (C=O) groups excluding carboxylic acids is 1. The quantitative estimate of drug-likeness (QED) is 0.256. The summed E-state index contributed by atoms with van der Waals surface area (Å²) >= 11 is 0. The van der Waals surface area contributed by atoms with Crippen molar-refractivity contribution in [1.29, 1.82) is 0 Å². The van der Waals surface area contributed by atoms with Crippen molar-refractivity contribution in [3.05, 3.63) is 12.2 Å². The minimum Gasteiger partial charge on any atom is -0.357 e. The second-order valence-corrected chi connectivity index (χ2v) is 6.31. The number of carbonyl (C=O) groups is 1. The lowest BCUT2D eigenvalue weighted by molar-refractivity contribution is -0.123. The third kappa shape index (κ3) is 6.79. The summed E-state index contributed by atoms with van der Waals surface area (Å²) in [6.07, 6.45) is 3.63. The van der Waals surface area contributed by atoms with Gasteiger partial charge in [0.15, 0.2) is 5.96 Å². The zero-order valence-electron chi connectivity index (χ0n) is 15.3. The number of nitrogens with zero attached hydrogens (tertiary/aromatic N) is 4. The Hall–Kier alpha value is -1.39. The molecule has 1 aliphatic rings. The number of hydrogen-bond acceptors (Lipinski definition) is 4. The highest BCUT2D eigenvalue weighted by molar-refractivity contribution is 14.0. The molecule has 0 aromatic carbocycles. The third-order valence-corrected chi connectivity index (χ3v) is 4.15. The fraction of sp³-hybridized carbons (Fsp3) is 0.750. The average Bonchev–Trinajstić information content (AvgIpc) is 3.12. The predicted molar refractivity (Wildman–Crippen MR) is 109 cm³/mol. The lowest BCUT2D eigenvalue weighted by Crippen LogP contribution is -2.45. The Morgan fingerprint density at radius 3 is 2.68 bits per heavy atom. The van der Waals surface area contributed by atoms with Gasteiger partial charge in [-0.15, -0.1) is 24.0 Å². The van der Waals surface area contributed by atoms with E-state index in [1.54, 1.807) is 6.33 Å². The number of aliphatic imine (C=N–C) groups is 1. The zero-order valence-corrected chi connectivity index (χ0v) is 17.6. The van der Waals surface area contributed by atoms with Crippen molar-refractivity contribution < 1.29 is 4.79 Å². The molecule has 0 aliphatic carbocycles. The van der Waals surface area contributed by atoms with Crippen LogP contribution in [-0.4, -0.2) is 64.7 Å². The van der Waals surface area contributed by atoms with Gasteiger partial charge in [-0.25, -0.2) is 4.98 Å². The van der Waals surface area contributed by atoms with Crippen LogP contribution in [0.4, 0.5) is 0 Å². The highest BCUT2D eigenvalue weighted by Gasteiger charge is 2.24. The Balaban J connectivity index is 0.00000312. The first kappa shape index (κ1) is 21.7. The van der Waals surface area contributed by atoms with Crippen molar-refractivity contribution in [1.82, 2.24) is 30.7 Å². The number of guanidine groups is 1. The second-order valence-electron chi connectivity index (χ2n) is 6.31. The van der Waals surface area contributed by atoms with Crippen LogP contribution in [0, 0.1) is 5.92 Å². The normalized spacial score (nSPS) is 15.8. The van der Waals surface area contributed by atoms with Gasteiger partial charge in [-0.2, -0.15) is 5.10 Å². The lowest BCUT2D eigenvalue weighted by atomic mass is 9.96. The van der Waals surface area contributed by atoms with Crippen molar-refractivity contribution in [2.45, 2.75) is 39.5 Å². The third-order valence-electron chi connectivity index (χ3n) is 4.15. The molecule has 1 aliphatic heterocycles. The highest BCUT2D eigenvalue weighted by Crippen LogP contribution is 2.24. The molecule has 0 spiro atoms. The Labute approximate surface area is 166 Å². The average molecular weight is 463 g/mol. The van der Waals surface area contributed by atoms with Crippen LogP contribution < -0.4 is 10.6 Å². The molecule has 8 nitrogen and oxygen atoms in total. The summed E-state index contributed by atoms with van der Waals surface area (Å²) in [5.74, 6) is 2.43. The Morgan fingerprint density at radius 1 is 1.40 bits per heavy atom. The maximum Gasteiger partial charge on any atom is 0.222 e. The number of likely N-dealkylation sites (tertiary alicyclic amines) is 1. The van der Waals surface area contributed by atoms with Gasteiger partial charge in [0.2, 0.25) is 5.91 Å². The number of piperidine rings is 1. The first-order valence-electron chi connectivity index (χ1n) is 8.78. The van der Waals surface area contributed by atoms with Gasteiger partial charge in [0.25, 0.3) is 0 Å². The van der Waals surface area contributed by atoms with E-state index < -0.39 is 0 Å². The van der Waals surface area contributed by atoms with E-state index >= 15 is 0 Å². The first-order chi connectivity index (χ1) is 11.6. The van der Waals surface area contributed by atoms with Crippen molar-refractivity contribution in [3.63, 3.8) is 0 Å². The molecule has 0 bridgehead atoms. The molecule has 1 aromatic rings. The van der Waals surface area contributed by atoms with Crippen LogP contribution in [0.3, 0.4) is 0 Å². The summed E-state index contributed by atoms with van der Waals surface area (Å²) in [4.78, 5) is 22.7. The maximum absolute atomic E-state index is 11.6. The SMILES string of the molecule is CCNC(=NCCNC(=O)C(C)C)N1CCC(c2ncn[nH]2)CC1.I. The number of H-pyrrole nitrogens is 1. The summed E-state index contributed by atoms with van der Waals surface area (Å²) < 4.78 is 0. The van der Waals surface area contributed by atoms with Crippen molar-refractivity contribution in [2.24, 2.45) is 10.9 Å². The maximum atomic E-state index is 11.6. The van der Waals surface area contributed by atoms with Gasteiger partial charge in [-0.05, 0) is 19.8 Å². The van der Waals surface area contributed by atoms with Crippen LogP contribution in [-0.2, 0) is 4.79 Å². The highest BCUT2D eigenvalue weighted by atomic mass is 127. The number of halogens is 1. The first-order valence-corrected chi connectivity index (χ1v) is 8.78. The van der Waals surface area contributed by atoms with E-state index in [0.29, 0.717) is 19.0 Å². The number of aromatic nitrogens is 3. The number of hydrogen-bond donors (Lipinski definition) is 3. The molecule has 25 heavy (non-hydrogen) atoms. The smallest absolute Gasteiger partial charge is 0.222 e. The molecule has 3 N–H and O–H groups in total. The zero-order chi connectivity index (χ0) is 17.4. The predicted octanol–water partition coefficient (Wildman–Crippen LogP) is 1.34. The molecule has 0 radical (unpaired) electrons. The van der Waals surface area contributed by atoms with Crippen LogP contribution in [0.5, 0.6) is 0 Å². The molecule has 0 saturated carbocycles. The van der Waals surface area contributed by atoms with Crippen LogP contribution in [0.15, 0.2) is 11.3 Å². The summed E-state index contributed by atoms with van der Waals surface area (Å²) in [6, 6.07) is 0. The number of amides is 1. The summed E-state index contributed by atoms with van der Waals surface area (Å²) in [6.45, 7) is 9.72. The van der Waals surface area contributed by atoms with E-state index in [-0.39, 0.29) is 35.8 Å². The largest absolute Gasteiger partial charge is 0.357 e. The molecule has 2 heterocycles. The van der Waals surface area contributed by atoms with E-state index in [1.807, 2.05) is 13.8 Å². The molecular weight excluding hydrogens is 433 g/mol. The van der Waals surface area contributed by atoms with Crippen molar-refractivity contribution in [3.8, 4) is 0 Å². The lowest BCUT2D eigenvalue weighted by Gasteiger charge is -2.33. The van der Waals surface area contributed by atoms with Crippen LogP contribution >= 0.6 is 24.0 Å². The van der Waals surface area contributed by atoms with Crippen LogP contribution in [0.1, 0.15) is 45.4 Å². The van der Waals surface area contributed by atoms with E-state index in [9.17, 15) is 4.79 Å². The monoisotopic (exact) mass is 463 g/mol. The van der Waals surface area contributed by atoms with Gasteiger partial charge in [0, 0.05) is 38.0 Å². The molecule has 9 heteroatoms. The molecule has 1 fully saturated rings. The summed E-state index contributed by atoms with van der Waals surface area (Å²) in [7, 11) is 0. The van der Waals surface area contributed by atoms with E-state index in [0.717, 1.165) is 44.3 Å². The Bertz CT molecular complexity index is 525. The molecular formula is C16H30IN7O. The van der Waals surface area contributed by atoms with Gasteiger partial charge in [0.05, 0.1) is 6.54 Å². The van der Waals surface area contributed by atoms with E-state index in [4.69, 9.17) is 0 Å². The number of rotatable bonds is 6. The molecule has 2 rings (SSSR count). The molecule has 1 aromatic heterocycles. The van der Waals surface area contributed by atoms with Gasteiger partial charge in [-0.3, -0.25) is 14.9 Å². The van der Waals surface area contributed by atoms with Crippen molar-refractivity contribution in [2.75, 3.05) is 32.7 Å². The second kappa shape index (κ2) is 11.3. The van der Waals surface area contributed by atoms with Gasteiger partial charge < -0.3 is 15.5 Å². The molecule has 0 atom stereocenters. The van der Waals surface area contributed by atoms with Crippen LogP contribution in [0.25, 0.3) is 0 Å². The summed E-state index contributed by atoms with van der Waals surface area (Å²) in [5, 5.41) is 13.1. The topological polar surface area (TPSA) is 98.3 Å². The molecule has 1 amide bonds. The van der Waals surface area contributed by atoms with Gasteiger partial charge >= 0.3 is 0 Å². The fourth-order valence-electron chi connectivity index (χ4n) is 2.75. The minimum atomic E-state index is 0. The van der Waals surface area contributed by atoms with Crippen molar-refractivity contribution >= 4 is 35.8 Å². The molecule has 142 valence electrons. The summed E-state index contributed by atoms with van der Waals surface area (Å²) in [5.41, 5.74) is 0. The Kier molecular flexibility index (Phi) is 9.76. The number of aromatic amines is 1. The number of nitrogens with one attached hydrogen (secondary N) is 3.